The molecule has 0 spiro atoms. The molecule has 0 saturated carbocycles. The zero-order valence-corrected chi connectivity index (χ0v) is 12.3. The Bertz CT molecular complexity index is 595. The lowest BCUT2D eigenvalue weighted by atomic mass is 10.4. The van der Waals surface area contributed by atoms with Gasteiger partial charge in [-0.15, -0.1) is 0 Å². The molecule has 20 heavy (non-hydrogen) atoms. The molecule has 1 aliphatic heterocycles. The Labute approximate surface area is 121 Å². The van der Waals surface area contributed by atoms with Gasteiger partial charge in [0.1, 0.15) is 6.26 Å². The third-order valence-corrected chi connectivity index (χ3v) is 3.72. The topological polar surface area (TPSA) is 80.0 Å². The molecule has 0 aromatic carbocycles. The van der Waals surface area contributed by atoms with Crippen LogP contribution in [0, 0.1) is 6.92 Å². The van der Waals surface area contributed by atoms with Crippen LogP contribution in [0.2, 0.25) is 0 Å². The van der Waals surface area contributed by atoms with E-state index in [4.69, 9.17) is 4.42 Å². The van der Waals surface area contributed by atoms with E-state index in [1.165, 1.54) is 24.6 Å². The minimum absolute atomic E-state index is 0.545. The second-order valence-electron chi connectivity index (χ2n) is 4.54. The molecule has 1 fully saturated rings. The van der Waals surface area contributed by atoms with Gasteiger partial charge < -0.3 is 14.6 Å². The fourth-order valence-electron chi connectivity index (χ4n) is 2.02. The SMILES string of the molecule is CNc1nc(Sc2nc(C)co2)nc(N2CCCC2)n1. The highest BCUT2D eigenvalue weighted by molar-refractivity contribution is 7.98. The third kappa shape index (κ3) is 2.84. The van der Waals surface area contributed by atoms with Crippen LogP contribution in [-0.2, 0) is 0 Å². The smallest absolute Gasteiger partial charge is 0.263 e. The van der Waals surface area contributed by atoms with Crippen LogP contribution >= 0.6 is 11.8 Å². The van der Waals surface area contributed by atoms with Crippen molar-refractivity contribution in [3.8, 4) is 0 Å². The van der Waals surface area contributed by atoms with E-state index in [1.54, 1.807) is 13.3 Å². The van der Waals surface area contributed by atoms with Crippen LogP contribution in [0.4, 0.5) is 11.9 Å². The van der Waals surface area contributed by atoms with E-state index in [2.05, 4.69) is 30.2 Å². The van der Waals surface area contributed by atoms with E-state index in [9.17, 15) is 0 Å². The molecule has 1 N–H and O–H groups in total. The third-order valence-electron chi connectivity index (χ3n) is 2.99. The Morgan fingerprint density at radius 1 is 1.20 bits per heavy atom. The molecular weight excluding hydrogens is 276 g/mol. The van der Waals surface area contributed by atoms with Crippen molar-refractivity contribution in [3.05, 3.63) is 12.0 Å². The van der Waals surface area contributed by atoms with Gasteiger partial charge in [0, 0.05) is 31.9 Å². The molecule has 0 bridgehead atoms. The average molecular weight is 292 g/mol. The van der Waals surface area contributed by atoms with Crippen molar-refractivity contribution in [2.24, 2.45) is 0 Å². The lowest BCUT2D eigenvalue weighted by Crippen LogP contribution is -2.21. The fourth-order valence-corrected chi connectivity index (χ4v) is 2.72. The molecule has 1 saturated heterocycles. The maximum absolute atomic E-state index is 5.32. The summed E-state index contributed by atoms with van der Waals surface area (Å²) in [5, 5.41) is 4.10. The highest BCUT2D eigenvalue weighted by atomic mass is 32.2. The number of hydrogen-bond donors (Lipinski definition) is 1. The Morgan fingerprint density at radius 3 is 2.65 bits per heavy atom. The van der Waals surface area contributed by atoms with Gasteiger partial charge >= 0.3 is 0 Å². The number of nitrogens with zero attached hydrogens (tertiary/aromatic N) is 5. The monoisotopic (exact) mass is 292 g/mol. The van der Waals surface area contributed by atoms with Crippen LogP contribution in [0.3, 0.4) is 0 Å². The van der Waals surface area contributed by atoms with Crippen molar-refractivity contribution in [1.82, 2.24) is 19.9 Å². The molecule has 1 aliphatic rings. The summed E-state index contributed by atoms with van der Waals surface area (Å²) in [6, 6.07) is 0. The number of anilines is 2. The molecule has 8 heteroatoms. The van der Waals surface area contributed by atoms with Gasteiger partial charge in [-0.3, -0.25) is 0 Å². The molecule has 0 atom stereocenters. The first-order valence-corrected chi connectivity index (χ1v) is 7.35. The van der Waals surface area contributed by atoms with E-state index in [1.807, 2.05) is 6.92 Å². The standard InChI is InChI=1S/C12H16N6OS/c1-8-7-19-12(14-8)20-11-16-9(13-2)15-10(17-11)18-5-3-4-6-18/h7H,3-6H2,1-2H3,(H,13,15,16,17). The second-order valence-corrected chi connectivity index (χ2v) is 5.46. The molecule has 2 aromatic rings. The molecular formula is C12H16N6OS. The maximum Gasteiger partial charge on any atom is 0.263 e. The van der Waals surface area contributed by atoms with Gasteiger partial charge in [0.25, 0.3) is 5.22 Å². The van der Waals surface area contributed by atoms with Crippen LogP contribution in [0.25, 0.3) is 0 Å². The summed E-state index contributed by atoms with van der Waals surface area (Å²) < 4.78 is 5.32. The minimum Gasteiger partial charge on any atom is -0.439 e. The summed E-state index contributed by atoms with van der Waals surface area (Å²) in [4.78, 5) is 19.7. The van der Waals surface area contributed by atoms with E-state index in [0.717, 1.165) is 18.8 Å². The van der Waals surface area contributed by atoms with Gasteiger partial charge in [-0.25, -0.2) is 4.98 Å². The average Bonchev–Trinajstić information content (AvgIpc) is 3.10. The number of rotatable bonds is 4. The summed E-state index contributed by atoms with van der Waals surface area (Å²) in [5.74, 6) is 1.28. The van der Waals surface area contributed by atoms with E-state index < -0.39 is 0 Å². The summed E-state index contributed by atoms with van der Waals surface area (Å²) in [5.41, 5.74) is 0.843. The van der Waals surface area contributed by atoms with Crippen molar-refractivity contribution >= 4 is 23.7 Å². The summed E-state index contributed by atoms with van der Waals surface area (Å²) in [7, 11) is 1.80. The van der Waals surface area contributed by atoms with E-state index in [-0.39, 0.29) is 0 Å². The molecule has 0 amide bonds. The number of oxazole rings is 1. The first-order valence-electron chi connectivity index (χ1n) is 6.53. The highest BCUT2D eigenvalue weighted by Crippen LogP contribution is 2.26. The van der Waals surface area contributed by atoms with Crippen molar-refractivity contribution in [2.75, 3.05) is 30.4 Å². The molecule has 3 heterocycles. The lowest BCUT2D eigenvalue weighted by Gasteiger charge is -2.15. The van der Waals surface area contributed by atoms with Crippen LogP contribution in [-0.4, -0.2) is 40.1 Å². The quantitative estimate of drug-likeness (QED) is 0.916. The van der Waals surface area contributed by atoms with E-state index >= 15 is 0 Å². The molecule has 0 radical (unpaired) electrons. The van der Waals surface area contributed by atoms with Gasteiger partial charge in [0.2, 0.25) is 17.1 Å². The van der Waals surface area contributed by atoms with Gasteiger partial charge in [0.05, 0.1) is 5.69 Å². The predicted molar refractivity (Wildman–Crippen MR) is 76.2 cm³/mol. The lowest BCUT2D eigenvalue weighted by molar-refractivity contribution is 0.453. The predicted octanol–water partition coefficient (Wildman–Crippen LogP) is 1.96. The van der Waals surface area contributed by atoms with Crippen molar-refractivity contribution in [2.45, 2.75) is 30.1 Å². The second kappa shape index (κ2) is 5.66. The minimum atomic E-state index is 0.545. The first-order chi connectivity index (χ1) is 9.74. The van der Waals surface area contributed by atoms with Gasteiger partial charge in [-0.2, -0.15) is 15.0 Å². The van der Waals surface area contributed by atoms with Crippen LogP contribution in [0.1, 0.15) is 18.5 Å². The summed E-state index contributed by atoms with van der Waals surface area (Å²) >= 11 is 1.30. The van der Waals surface area contributed by atoms with Crippen molar-refractivity contribution in [3.63, 3.8) is 0 Å². The normalized spacial score (nSPS) is 14.8. The number of aryl methyl sites for hydroxylation is 1. The number of aromatic nitrogens is 4. The number of nitrogens with one attached hydrogen (secondary N) is 1. The Balaban J connectivity index is 1.87. The largest absolute Gasteiger partial charge is 0.439 e. The van der Waals surface area contributed by atoms with Gasteiger partial charge in [-0.1, -0.05) is 0 Å². The van der Waals surface area contributed by atoms with Crippen LogP contribution in [0.5, 0.6) is 0 Å². The summed E-state index contributed by atoms with van der Waals surface area (Å²) in [6.07, 6.45) is 3.98. The number of hydrogen-bond acceptors (Lipinski definition) is 8. The molecule has 0 aliphatic carbocycles. The zero-order valence-electron chi connectivity index (χ0n) is 11.5. The molecule has 106 valence electrons. The van der Waals surface area contributed by atoms with Crippen molar-refractivity contribution in [1.29, 1.82) is 0 Å². The van der Waals surface area contributed by atoms with Crippen LogP contribution < -0.4 is 10.2 Å². The van der Waals surface area contributed by atoms with Gasteiger partial charge in [-0.05, 0) is 19.8 Å². The maximum atomic E-state index is 5.32. The van der Waals surface area contributed by atoms with E-state index in [0.29, 0.717) is 22.3 Å². The molecule has 7 nitrogen and oxygen atoms in total. The summed E-state index contributed by atoms with van der Waals surface area (Å²) in [6.45, 7) is 3.88. The van der Waals surface area contributed by atoms with Gasteiger partial charge in [0.15, 0.2) is 0 Å². The van der Waals surface area contributed by atoms with Crippen molar-refractivity contribution < 1.29 is 4.42 Å². The molecule has 3 rings (SSSR count). The molecule has 2 aromatic heterocycles. The Hall–Kier alpha value is -1.83. The first kappa shape index (κ1) is 13.2. The Morgan fingerprint density at radius 2 is 2.00 bits per heavy atom. The fraction of sp³-hybridized carbons (Fsp3) is 0.500. The Kier molecular flexibility index (Phi) is 3.72. The zero-order chi connectivity index (χ0) is 13.9. The molecule has 0 unspecified atom stereocenters. The highest BCUT2D eigenvalue weighted by Gasteiger charge is 2.18. The van der Waals surface area contributed by atoms with Crippen LogP contribution in [0.15, 0.2) is 21.1 Å².